The topological polar surface area (TPSA) is 115 Å². The molecule has 0 unspecified atom stereocenters. The SMILES string of the molecule is NN/N=C(\N)N1CCC(COc2cnc(Br)cn2)CC1. The Hall–Kier alpha value is -1.61. The molecule has 2 rings (SSSR count). The van der Waals surface area contributed by atoms with E-state index in [1.807, 2.05) is 4.90 Å². The number of likely N-dealkylation sites (tertiary alicyclic amines) is 1. The number of halogens is 1. The summed E-state index contributed by atoms with van der Waals surface area (Å²) in [6.07, 6.45) is 5.21. The number of piperidine rings is 1. The number of aromatic nitrogens is 2. The maximum absolute atomic E-state index is 5.76. The van der Waals surface area contributed by atoms with Crippen molar-refractivity contribution in [2.45, 2.75) is 12.8 Å². The van der Waals surface area contributed by atoms with Crippen LogP contribution in [0.15, 0.2) is 22.1 Å². The minimum absolute atomic E-state index is 0.422. The van der Waals surface area contributed by atoms with Gasteiger partial charge in [0.15, 0.2) is 0 Å². The van der Waals surface area contributed by atoms with Crippen LogP contribution in [-0.4, -0.2) is 40.5 Å². The minimum Gasteiger partial charge on any atom is -0.476 e. The van der Waals surface area contributed by atoms with Gasteiger partial charge in [0.25, 0.3) is 0 Å². The highest BCUT2D eigenvalue weighted by molar-refractivity contribution is 9.10. The van der Waals surface area contributed by atoms with E-state index < -0.39 is 0 Å². The van der Waals surface area contributed by atoms with Crippen LogP contribution in [0.25, 0.3) is 0 Å². The van der Waals surface area contributed by atoms with Crippen molar-refractivity contribution in [1.82, 2.24) is 20.4 Å². The third-order valence-corrected chi connectivity index (χ3v) is 3.59. The first-order valence-corrected chi connectivity index (χ1v) is 7.12. The van der Waals surface area contributed by atoms with E-state index >= 15 is 0 Å². The number of hydrazone groups is 1. The van der Waals surface area contributed by atoms with Gasteiger partial charge in [0.05, 0.1) is 19.0 Å². The summed E-state index contributed by atoms with van der Waals surface area (Å²) in [6, 6.07) is 0. The van der Waals surface area contributed by atoms with Crippen LogP contribution in [-0.2, 0) is 0 Å². The Balaban J connectivity index is 1.74. The molecule has 0 radical (unpaired) electrons. The highest BCUT2D eigenvalue weighted by atomic mass is 79.9. The second-order valence-electron chi connectivity index (χ2n) is 4.52. The first kappa shape index (κ1) is 14.8. The molecule has 0 amide bonds. The first-order chi connectivity index (χ1) is 9.69. The average molecular weight is 344 g/mol. The largest absolute Gasteiger partial charge is 0.476 e. The van der Waals surface area contributed by atoms with Crippen LogP contribution in [0.4, 0.5) is 0 Å². The molecule has 0 aromatic carbocycles. The van der Waals surface area contributed by atoms with Gasteiger partial charge in [-0.05, 0) is 34.7 Å². The van der Waals surface area contributed by atoms with Crippen molar-refractivity contribution >= 4 is 21.9 Å². The van der Waals surface area contributed by atoms with Crippen molar-refractivity contribution < 1.29 is 4.74 Å². The van der Waals surface area contributed by atoms with Gasteiger partial charge < -0.3 is 15.4 Å². The molecule has 8 nitrogen and oxygen atoms in total. The Morgan fingerprint density at radius 1 is 1.45 bits per heavy atom. The van der Waals surface area contributed by atoms with Crippen molar-refractivity contribution in [3.8, 4) is 5.88 Å². The van der Waals surface area contributed by atoms with Gasteiger partial charge in [0.1, 0.15) is 4.60 Å². The molecule has 1 aromatic heterocycles. The standard InChI is InChI=1S/C11H18BrN7O/c12-9-5-16-10(6-15-9)20-7-8-1-3-19(4-2-8)11(13)17-18-14/h5-6,8,18H,1-4,7,14H2,(H2,13,17). The summed E-state index contributed by atoms with van der Waals surface area (Å²) < 4.78 is 6.33. The highest BCUT2D eigenvalue weighted by Crippen LogP contribution is 2.18. The number of hydrogen-bond donors (Lipinski definition) is 3. The molecule has 0 spiro atoms. The smallest absolute Gasteiger partial charge is 0.232 e. The summed E-state index contributed by atoms with van der Waals surface area (Å²) >= 11 is 3.23. The zero-order valence-electron chi connectivity index (χ0n) is 11.0. The predicted molar refractivity (Wildman–Crippen MR) is 78.5 cm³/mol. The summed E-state index contributed by atoms with van der Waals surface area (Å²) in [5, 5.41) is 3.77. The van der Waals surface area contributed by atoms with Crippen molar-refractivity contribution in [1.29, 1.82) is 0 Å². The number of guanidine groups is 1. The Morgan fingerprint density at radius 2 is 2.20 bits per heavy atom. The molecule has 110 valence electrons. The molecule has 1 aliphatic heterocycles. The van der Waals surface area contributed by atoms with Gasteiger partial charge in [0.2, 0.25) is 11.8 Å². The Morgan fingerprint density at radius 3 is 2.80 bits per heavy atom. The van der Waals surface area contributed by atoms with Gasteiger partial charge in [-0.2, -0.15) is 0 Å². The van der Waals surface area contributed by atoms with Gasteiger partial charge in [-0.25, -0.2) is 21.3 Å². The summed E-state index contributed by atoms with van der Waals surface area (Å²) in [6.45, 7) is 2.32. The molecule has 20 heavy (non-hydrogen) atoms. The Bertz CT molecular complexity index is 445. The normalized spacial score (nSPS) is 17.1. The van der Waals surface area contributed by atoms with Crippen molar-refractivity contribution in [2.24, 2.45) is 22.6 Å². The van der Waals surface area contributed by atoms with Crippen molar-refractivity contribution in [3.63, 3.8) is 0 Å². The number of hydrazine groups is 1. The van der Waals surface area contributed by atoms with Crippen LogP contribution >= 0.6 is 15.9 Å². The minimum atomic E-state index is 0.422. The van der Waals surface area contributed by atoms with Gasteiger partial charge in [0, 0.05) is 13.1 Å². The molecule has 1 saturated heterocycles. The fraction of sp³-hybridized carbons (Fsp3) is 0.545. The monoisotopic (exact) mass is 343 g/mol. The Labute approximate surface area is 125 Å². The van der Waals surface area contributed by atoms with E-state index in [2.05, 4.69) is 36.5 Å². The van der Waals surface area contributed by atoms with Crippen molar-refractivity contribution in [2.75, 3.05) is 19.7 Å². The van der Waals surface area contributed by atoms with Gasteiger partial charge in [-0.1, -0.05) is 0 Å². The van der Waals surface area contributed by atoms with E-state index in [0.717, 1.165) is 25.9 Å². The predicted octanol–water partition coefficient (Wildman–Crippen LogP) is 0.0229. The van der Waals surface area contributed by atoms with E-state index in [1.165, 1.54) is 0 Å². The second kappa shape index (κ2) is 7.25. The van der Waals surface area contributed by atoms with E-state index in [1.54, 1.807) is 12.4 Å². The molecular formula is C11H18BrN7O. The number of ether oxygens (including phenoxy) is 1. The van der Waals surface area contributed by atoms with Gasteiger partial charge >= 0.3 is 0 Å². The maximum atomic E-state index is 5.76. The molecular weight excluding hydrogens is 326 g/mol. The lowest BCUT2D eigenvalue weighted by atomic mass is 9.98. The van der Waals surface area contributed by atoms with Crippen LogP contribution in [0.3, 0.4) is 0 Å². The third-order valence-electron chi connectivity index (χ3n) is 3.18. The molecule has 0 aliphatic carbocycles. The molecule has 1 fully saturated rings. The fourth-order valence-electron chi connectivity index (χ4n) is 2.04. The zero-order chi connectivity index (χ0) is 14.4. The second-order valence-corrected chi connectivity index (χ2v) is 5.33. The summed E-state index contributed by atoms with van der Waals surface area (Å²) in [7, 11) is 0. The third kappa shape index (κ3) is 4.20. The lowest BCUT2D eigenvalue weighted by Crippen LogP contribution is -2.45. The van der Waals surface area contributed by atoms with Crippen molar-refractivity contribution in [3.05, 3.63) is 17.0 Å². The number of hydrogen-bond acceptors (Lipinski definition) is 6. The molecule has 5 N–H and O–H groups in total. The van der Waals surface area contributed by atoms with E-state index in [0.29, 0.717) is 29.0 Å². The quantitative estimate of drug-likeness (QED) is 0.305. The van der Waals surface area contributed by atoms with Crippen LogP contribution in [0.5, 0.6) is 5.88 Å². The molecule has 0 bridgehead atoms. The Kier molecular flexibility index (Phi) is 5.36. The number of nitrogens with one attached hydrogen (secondary N) is 1. The van der Waals surface area contributed by atoms with E-state index in [-0.39, 0.29) is 0 Å². The van der Waals surface area contributed by atoms with Crippen LogP contribution in [0.2, 0.25) is 0 Å². The zero-order valence-corrected chi connectivity index (χ0v) is 12.6. The van der Waals surface area contributed by atoms with Crippen LogP contribution in [0.1, 0.15) is 12.8 Å². The van der Waals surface area contributed by atoms with Gasteiger partial charge in [-0.15, -0.1) is 5.10 Å². The average Bonchev–Trinajstić information content (AvgIpc) is 2.47. The summed E-state index contributed by atoms with van der Waals surface area (Å²) in [5.74, 6) is 6.55. The van der Waals surface area contributed by atoms with Gasteiger partial charge in [-0.3, -0.25) is 0 Å². The van der Waals surface area contributed by atoms with Crippen LogP contribution in [0, 0.1) is 5.92 Å². The number of nitrogens with two attached hydrogens (primary N) is 2. The van der Waals surface area contributed by atoms with Crippen LogP contribution < -0.4 is 21.8 Å². The van der Waals surface area contributed by atoms with E-state index in [9.17, 15) is 0 Å². The number of nitrogens with zero attached hydrogens (tertiary/aromatic N) is 4. The fourth-order valence-corrected chi connectivity index (χ4v) is 2.25. The highest BCUT2D eigenvalue weighted by Gasteiger charge is 2.21. The van der Waals surface area contributed by atoms with E-state index in [4.69, 9.17) is 16.3 Å². The lowest BCUT2D eigenvalue weighted by Gasteiger charge is -2.32. The molecule has 0 atom stereocenters. The molecule has 2 heterocycles. The summed E-state index contributed by atoms with van der Waals surface area (Å²) in [5.41, 5.74) is 7.97. The lowest BCUT2D eigenvalue weighted by molar-refractivity contribution is 0.175. The molecule has 0 saturated carbocycles. The summed E-state index contributed by atoms with van der Waals surface area (Å²) in [4.78, 5) is 10.2. The maximum Gasteiger partial charge on any atom is 0.232 e. The first-order valence-electron chi connectivity index (χ1n) is 6.33. The molecule has 9 heteroatoms. The molecule has 1 aliphatic rings. The number of rotatable bonds is 4. The molecule has 1 aromatic rings.